The first kappa shape index (κ1) is 14.5. The van der Waals surface area contributed by atoms with E-state index in [1.165, 1.54) is 6.20 Å². The molecule has 0 aliphatic heterocycles. The van der Waals surface area contributed by atoms with Gasteiger partial charge in [0.25, 0.3) is 0 Å². The maximum absolute atomic E-state index is 12.2. The van der Waals surface area contributed by atoms with E-state index in [1.807, 2.05) is 0 Å². The molecule has 1 aromatic heterocycles. The number of aryl methyl sites for hydroxylation is 1. The molecule has 1 aliphatic carbocycles. The van der Waals surface area contributed by atoms with E-state index < -0.39 is 10.0 Å². The van der Waals surface area contributed by atoms with Crippen LogP contribution in [0.2, 0.25) is 0 Å². The highest BCUT2D eigenvalue weighted by atomic mass is 32.2. The Morgan fingerprint density at radius 2 is 2.26 bits per heavy atom. The Balaban J connectivity index is 2.00. The van der Waals surface area contributed by atoms with Gasteiger partial charge in [-0.2, -0.15) is 5.10 Å². The van der Waals surface area contributed by atoms with Crippen molar-refractivity contribution in [3.05, 3.63) is 11.9 Å². The molecule has 2 rings (SSSR count). The molecule has 2 unspecified atom stereocenters. The molecule has 2 atom stereocenters. The third-order valence-electron chi connectivity index (χ3n) is 3.87. The minimum Gasteiger partial charge on any atom is -0.328 e. The van der Waals surface area contributed by atoms with Crippen molar-refractivity contribution in [2.45, 2.75) is 43.5 Å². The Labute approximate surface area is 114 Å². The van der Waals surface area contributed by atoms with E-state index in [4.69, 9.17) is 5.73 Å². The van der Waals surface area contributed by atoms with E-state index >= 15 is 0 Å². The number of hydrogen-bond donors (Lipinski definition) is 2. The molecular formula is C12H22N4O2S. The largest absolute Gasteiger partial charge is 0.328 e. The molecule has 108 valence electrons. The molecule has 1 saturated carbocycles. The number of rotatable bonds is 4. The average molecular weight is 286 g/mol. The second kappa shape index (κ2) is 5.60. The highest BCUT2D eigenvalue weighted by Crippen LogP contribution is 2.23. The summed E-state index contributed by atoms with van der Waals surface area (Å²) in [6.45, 7) is 2.21. The van der Waals surface area contributed by atoms with E-state index in [-0.39, 0.29) is 10.9 Å². The lowest BCUT2D eigenvalue weighted by atomic mass is 9.86. The second-order valence-electron chi connectivity index (χ2n) is 5.36. The molecule has 7 heteroatoms. The number of aromatic nitrogens is 2. The lowest BCUT2D eigenvalue weighted by Crippen LogP contribution is -2.35. The molecule has 3 N–H and O–H groups in total. The van der Waals surface area contributed by atoms with Crippen molar-refractivity contribution in [2.24, 2.45) is 18.7 Å². The van der Waals surface area contributed by atoms with Crippen LogP contribution < -0.4 is 10.5 Å². The molecule has 19 heavy (non-hydrogen) atoms. The lowest BCUT2D eigenvalue weighted by Gasteiger charge is -2.26. The summed E-state index contributed by atoms with van der Waals surface area (Å²) in [5, 5.41) is 3.97. The van der Waals surface area contributed by atoms with Gasteiger partial charge in [-0.05, 0) is 32.1 Å². The Morgan fingerprint density at radius 1 is 1.53 bits per heavy atom. The van der Waals surface area contributed by atoms with Crippen molar-refractivity contribution in [3.8, 4) is 0 Å². The molecule has 0 bridgehead atoms. The van der Waals surface area contributed by atoms with E-state index in [1.54, 1.807) is 18.7 Å². The zero-order chi connectivity index (χ0) is 14.0. The van der Waals surface area contributed by atoms with Crippen molar-refractivity contribution in [1.82, 2.24) is 14.5 Å². The van der Waals surface area contributed by atoms with Gasteiger partial charge in [0, 0.05) is 19.6 Å². The van der Waals surface area contributed by atoms with E-state index in [0.717, 1.165) is 25.7 Å². The summed E-state index contributed by atoms with van der Waals surface area (Å²) in [5.41, 5.74) is 6.56. The third kappa shape index (κ3) is 3.34. The fraction of sp³-hybridized carbons (Fsp3) is 0.750. The van der Waals surface area contributed by atoms with Crippen molar-refractivity contribution < 1.29 is 8.42 Å². The number of hydrogen-bond acceptors (Lipinski definition) is 4. The van der Waals surface area contributed by atoms with Gasteiger partial charge in [-0.1, -0.05) is 6.42 Å². The molecule has 6 nitrogen and oxygen atoms in total. The minimum absolute atomic E-state index is 0.211. The van der Waals surface area contributed by atoms with Gasteiger partial charge in [-0.25, -0.2) is 13.1 Å². The first-order valence-corrected chi connectivity index (χ1v) is 8.12. The maximum Gasteiger partial charge on any atom is 0.243 e. The van der Waals surface area contributed by atoms with Crippen LogP contribution in [0.1, 0.15) is 31.4 Å². The third-order valence-corrected chi connectivity index (χ3v) is 5.39. The SMILES string of the molecule is Cc1c(S(=O)(=O)NCC2CCCC(N)C2)cnn1C. The Hall–Kier alpha value is -0.920. The summed E-state index contributed by atoms with van der Waals surface area (Å²) in [4.78, 5) is 0.259. The van der Waals surface area contributed by atoms with Crippen molar-refractivity contribution >= 4 is 10.0 Å². The highest BCUT2D eigenvalue weighted by Gasteiger charge is 2.24. The van der Waals surface area contributed by atoms with Crippen LogP contribution in [0.3, 0.4) is 0 Å². The molecule has 0 radical (unpaired) electrons. The molecule has 0 spiro atoms. The minimum atomic E-state index is -3.46. The van der Waals surface area contributed by atoms with Gasteiger partial charge in [0.05, 0.1) is 11.9 Å². The summed E-state index contributed by atoms with van der Waals surface area (Å²) in [6, 6.07) is 0.211. The number of nitrogens with one attached hydrogen (secondary N) is 1. The molecule has 1 aromatic rings. The smallest absolute Gasteiger partial charge is 0.243 e. The van der Waals surface area contributed by atoms with Gasteiger partial charge in [0.2, 0.25) is 10.0 Å². The predicted molar refractivity (Wildman–Crippen MR) is 73.1 cm³/mol. The maximum atomic E-state index is 12.2. The summed E-state index contributed by atoms with van der Waals surface area (Å²) in [5.74, 6) is 0.343. The van der Waals surface area contributed by atoms with Crippen molar-refractivity contribution in [1.29, 1.82) is 0 Å². The zero-order valence-electron chi connectivity index (χ0n) is 11.5. The summed E-state index contributed by atoms with van der Waals surface area (Å²) in [6.07, 6.45) is 5.46. The van der Waals surface area contributed by atoms with Gasteiger partial charge in [0.15, 0.2) is 0 Å². The van der Waals surface area contributed by atoms with Gasteiger partial charge in [0.1, 0.15) is 4.90 Å². The first-order chi connectivity index (χ1) is 8.90. The van der Waals surface area contributed by atoms with Crippen molar-refractivity contribution in [2.75, 3.05) is 6.54 Å². The molecule has 1 fully saturated rings. The fourth-order valence-electron chi connectivity index (χ4n) is 2.57. The van der Waals surface area contributed by atoms with Crippen LogP contribution in [-0.4, -0.2) is 30.8 Å². The van der Waals surface area contributed by atoms with Gasteiger partial charge in [-0.15, -0.1) is 0 Å². The Bertz CT molecular complexity index is 538. The Kier molecular flexibility index (Phi) is 4.27. The van der Waals surface area contributed by atoms with Crippen LogP contribution >= 0.6 is 0 Å². The predicted octanol–water partition coefficient (Wildman–Crippen LogP) is 0.524. The molecule has 0 aromatic carbocycles. The van der Waals surface area contributed by atoms with Crippen LogP contribution in [0.4, 0.5) is 0 Å². The number of nitrogens with two attached hydrogens (primary N) is 1. The van der Waals surface area contributed by atoms with Gasteiger partial charge >= 0.3 is 0 Å². The quantitative estimate of drug-likeness (QED) is 0.844. The van der Waals surface area contributed by atoms with E-state index in [0.29, 0.717) is 18.2 Å². The zero-order valence-corrected chi connectivity index (χ0v) is 12.3. The van der Waals surface area contributed by atoms with E-state index in [9.17, 15) is 8.42 Å². The highest BCUT2D eigenvalue weighted by molar-refractivity contribution is 7.89. The molecule has 1 heterocycles. The van der Waals surface area contributed by atoms with Crippen LogP contribution in [0.25, 0.3) is 0 Å². The molecule has 1 aliphatic rings. The van der Waals surface area contributed by atoms with E-state index in [2.05, 4.69) is 9.82 Å². The van der Waals surface area contributed by atoms with Crippen LogP contribution in [-0.2, 0) is 17.1 Å². The van der Waals surface area contributed by atoms with Gasteiger partial charge < -0.3 is 5.73 Å². The standard InChI is InChI=1S/C12H22N4O2S/c1-9-12(8-14-16(9)2)19(17,18)15-7-10-4-3-5-11(13)6-10/h8,10-11,15H,3-7,13H2,1-2H3. The fourth-order valence-corrected chi connectivity index (χ4v) is 3.88. The second-order valence-corrected chi connectivity index (χ2v) is 7.10. The molecular weight excluding hydrogens is 264 g/mol. The first-order valence-electron chi connectivity index (χ1n) is 6.64. The lowest BCUT2D eigenvalue weighted by molar-refractivity contribution is 0.322. The topological polar surface area (TPSA) is 90.0 Å². The van der Waals surface area contributed by atoms with Crippen LogP contribution in [0.5, 0.6) is 0 Å². The normalized spacial score (nSPS) is 24.6. The monoisotopic (exact) mass is 286 g/mol. The van der Waals surface area contributed by atoms with Crippen molar-refractivity contribution in [3.63, 3.8) is 0 Å². The summed E-state index contributed by atoms with van der Waals surface area (Å²) >= 11 is 0. The van der Waals surface area contributed by atoms with Crippen LogP contribution in [0, 0.1) is 12.8 Å². The van der Waals surface area contributed by atoms with Gasteiger partial charge in [-0.3, -0.25) is 4.68 Å². The molecule has 0 saturated heterocycles. The number of sulfonamides is 1. The average Bonchev–Trinajstić information content (AvgIpc) is 2.68. The van der Waals surface area contributed by atoms with Crippen LogP contribution in [0.15, 0.2) is 11.1 Å². The molecule has 0 amide bonds. The number of nitrogens with zero attached hydrogens (tertiary/aromatic N) is 2. The summed E-state index contributed by atoms with van der Waals surface area (Å²) in [7, 11) is -1.73. The summed E-state index contributed by atoms with van der Waals surface area (Å²) < 4.78 is 28.6. The Morgan fingerprint density at radius 3 is 2.84 bits per heavy atom.